The van der Waals surface area contributed by atoms with Crippen molar-refractivity contribution < 1.29 is 26.7 Å². The van der Waals surface area contributed by atoms with Crippen molar-refractivity contribution in [1.82, 2.24) is 4.90 Å². The highest BCUT2D eigenvalue weighted by Crippen LogP contribution is 2.46. The molecule has 0 fully saturated rings. The molecule has 1 aliphatic heterocycles. The fraction of sp³-hybridized carbons (Fsp3) is 0.174. The fourth-order valence-corrected chi connectivity index (χ4v) is 3.76. The Morgan fingerprint density at radius 3 is 2.07 bits per heavy atom. The molecule has 0 saturated carbocycles. The van der Waals surface area contributed by atoms with Crippen molar-refractivity contribution in [2.24, 2.45) is 0 Å². The Labute approximate surface area is 169 Å². The maximum absolute atomic E-state index is 14.9. The van der Waals surface area contributed by atoms with Crippen molar-refractivity contribution in [1.29, 1.82) is 0 Å². The monoisotopic (exact) mass is 417 g/mol. The number of rotatable bonds is 3. The third-order valence-electron chi connectivity index (χ3n) is 5.18. The first-order valence-corrected chi connectivity index (χ1v) is 9.19. The predicted octanol–water partition coefficient (Wildman–Crippen LogP) is 5.93. The van der Waals surface area contributed by atoms with E-state index in [1.54, 1.807) is 36.4 Å². The van der Waals surface area contributed by atoms with Gasteiger partial charge in [0.2, 0.25) is 0 Å². The first-order chi connectivity index (χ1) is 14.2. The van der Waals surface area contributed by atoms with Gasteiger partial charge in [0.15, 0.2) is 0 Å². The standard InChI is InChI=1S/C23H16F5NO/c24-22(25)19-9-5-4-8-18(19)20(16-10-12-17(13-11-16)23(26,27)28)29(21(22)30)14-15-6-2-1-3-7-15/h1-13,20H,14H2. The molecule has 3 aromatic rings. The fourth-order valence-electron chi connectivity index (χ4n) is 3.76. The summed E-state index contributed by atoms with van der Waals surface area (Å²) in [4.78, 5) is 13.8. The van der Waals surface area contributed by atoms with Gasteiger partial charge in [0.1, 0.15) is 0 Å². The summed E-state index contributed by atoms with van der Waals surface area (Å²) in [5, 5.41) is 0. The average molecular weight is 417 g/mol. The molecule has 0 spiro atoms. The van der Waals surface area contributed by atoms with Crippen molar-refractivity contribution in [2.75, 3.05) is 0 Å². The zero-order chi connectivity index (χ0) is 21.5. The SMILES string of the molecule is O=C1N(Cc2ccccc2)C(c2ccc(C(F)(F)F)cc2)c2ccccc2C1(F)F. The van der Waals surface area contributed by atoms with Crippen LogP contribution in [0.4, 0.5) is 22.0 Å². The Bertz CT molecular complexity index is 1060. The molecule has 1 atom stereocenters. The van der Waals surface area contributed by atoms with Crippen LogP contribution < -0.4 is 0 Å². The summed E-state index contributed by atoms with van der Waals surface area (Å²) in [5.41, 5.74) is -0.114. The number of nitrogens with zero attached hydrogens (tertiary/aromatic N) is 1. The summed E-state index contributed by atoms with van der Waals surface area (Å²) >= 11 is 0. The lowest BCUT2D eigenvalue weighted by Crippen LogP contribution is -2.48. The molecule has 7 heteroatoms. The van der Waals surface area contributed by atoms with Crippen molar-refractivity contribution >= 4 is 5.91 Å². The van der Waals surface area contributed by atoms with E-state index < -0.39 is 35.2 Å². The lowest BCUT2D eigenvalue weighted by atomic mass is 9.85. The van der Waals surface area contributed by atoms with Gasteiger partial charge >= 0.3 is 12.1 Å². The van der Waals surface area contributed by atoms with E-state index in [1.807, 2.05) is 0 Å². The first kappa shape index (κ1) is 20.1. The van der Waals surface area contributed by atoms with Gasteiger partial charge in [-0.2, -0.15) is 22.0 Å². The Hall–Kier alpha value is -3.22. The molecule has 0 saturated heterocycles. The lowest BCUT2D eigenvalue weighted by molar-refractivity contribution is -0.165. The van der Waals surface area contributed by atoms with Gasteiger partial charge in [-0.15, -0.1) is 0 Å². The molecule has 2 nitrogen and oxygen atoms in total. The molecule has 4 rings (SSSR count). The van der Waals surface area contributed by atoms with Crippen LogP contribution in [0.1, 0.15) is 33.9 Å². The van der Waals surface area contributed by atoms with Gasteiger partial charge in [0.25, 0.3) is 5.91 Å². The van der Waals surface area contributed by atoms with E-state index in [2.05, 4.69) is 0 Å². The second-order valence-electron chi connectivity index (χ2n) is 7.10. The second-order valence-corrected chi connectivity index (χ2v) is 7.10. The summed E-state index contributed by atoms with van der Waals surface area (Å²) in [6, 6.07) is 17.6. The summed E-state index contributed by atoms with van der Waals surface area (Å²) in [6.07, 6.45) is -4.52. The van der Waals surface area contributed by atoms with Crippen LogP contribution in [0.25, 0.3) is 0 Å². The van der Waals surface area contributed by atoms with Crippen LogP contribution in [-0.4, -0.2) is 10.8 Å². The second kappa shape index (κ2) is 7.23. The van der Waals surface area contributed by atoms with Crippen LogP contribution in [-0.2, 0) is 23.4 Å². The zero-order valence-electron chi connectivity index (χ0n) is 15.5. The van der Waals surface area contributed by atoms with Crippen LogP contribution in [0.2, 0.25) is 0 Å². The van der Waals surface area contributed by atoms with Gasteiger partial charge in [0.05, 0.1) is 11.6 Å². The number of halogens is 5. The van der Waals surface area contributed by atoms with Crippen LogP contribution in [0.5, 0.6) is 0 Å². The molecule has 1 unspecified atom stereocenters. The Kier molecular flexibility index (Phi) is 4.84. The van der Waals surface area contributed by atoms with Gasteiger partial charge in [0, 0.05) is 12.1 Å². The Balaban J connectivity index is 1.85. The number of carbonyl (C=O) groups is 1. The smallest absolute Gasteiger partial charge is 0.322 e. The molecule has 1 heterocycles. The Morgan fingerprint density at radius 1 is 0.833 bits per heavy atom. The summed E-state index contributed by atoms with van der Waals surface area (Å²) in [6.45, 7) is -0.102. The van der Waals surface area contributed by atoms with Crippen LogP contribution in [0.3, 0.4) is 0 Å². The number of amides is 1. The summed E-state index contributed by atoms with van der Waals surface area (Å²) in [7, 11) is 0. The summed E-state index contributed by atoms with van der Waals surface area (Å²) < 4.78 is 68.7. The van der Waals surface area contributed by atoms with E-state index >= 15 is 0 Å². The van der Waals surface area contributed by atoms with Crippen LogP contribution in [0.15, 0.2) is 78.9 Å². The molecular formula is C23H16F5NO. The molecule has 1 aliphatic rings. The van der Waals surface area contributed by atoms with E-state index in [-0.39, 0.29) is 12.1 Å². The molecule has 1 amide bonds. The van der Waals surface area contributed by atoms with Crippen molar-refractivity contribution in [3.8, 4) is 0 Å². The largest absolute Gasteiger partial charge is 0.416 e. The quantitative estimate of drug-likeness (QED) is 0.484. The molecule has 0 N–H and O–H groups in total. The average Bonchev–Trinajstić information content (AvgIpc) is 2.73. The Morgan fingerprint density at radius 2 is 1.43 bits per heavy atom. The third-order valence-corrected chi connectivity index (χ3v) is 5.18. The number of hydrogen-bond acceptors (Lipinski definition) is 1. The molecular weight excluding hydrogens is 401 g/mol. The molecule has 30 heavy (non-hydrogen) atoms. The summed E-state index contributed by atoms with van der Waals surface area (Å²) in [5.74, 6) is -5.11. The van der Waals surface area contributed by atoms with E-state index in [4.69, 9.17) is 0 Å². The highest BCUT2D eigenvalue weighted by molar-refractivity contribution is 5.88. The highest BCUT2D eigenvalue weighted by Gasteiger charge is 2.52. The van der Waals surface area contributed by atoms with E-state index in [9.17, 15) is 26.7 Å². The van der Waals surface area contributed by atoms with Crippen molar-refractivity contribution in [3.63, 3.8) is 0 Å². The zero-order valence-corrected chi connectivity index (χ0v) is 15.5. The molecule has 3 aromatic carbocycles. The normalized spacial score (nSPS) is 18.2. The minimum Gasteiger partial charge on any atom is -0.322 e. The number of carbonyl (C=O) groups excluding carboxylic acids is 1. The minimum absolute atomic E-state index is 0.102. The van der Waals surface area contributed by atoms with Crippen LogP contribution >= 0.6 is 0 Å². The number of fused-ring (bicyclic) bond motifs is 1. The van der Waals surface area contributed by atoms with Gasteiger partial charge in [-0.1, -0.05) is 66.7 Å². The number of benzene rings is 3. The maximum atomic E-state index is 14.9. The van der Waals surface area contributed by atoms with E-state index in [0.29, 0.717) is 11.1 Å². The predicted molar refractivity (Wildman–Crippen MR) is 101 cm³/mol. The molecule has 0 aliphatic carbocycles. The first-order valence-electron chi connectivity index (χ1n) is 9.19. The van der Waals surface area contributed by atoms with Gasteiger partial charge in [-0.05, 0) is 28.8 Å². The number of alkyl halides is 5. The third kappa shape index (κ3) is 3.44. The molecule has 154 valence electrons. The van der Waals surface area contributed by atoms with Gasteiger partial charge in [-0.25, -0.2) is 0 Å². The van der Waals surface area contributed by atoms with E-state index in [1.165, 1.54) is 30.3 Å². The highest BCUT2D eigenvalue weighted by atomic mass is 19.4. The van der Waals surface area contributed by atoms with E-state index in [0.717, 1.165) is 17.0 Å². The minimum atomic E-state index is -4.52. The van der Waals surface area contributed by atoms with Gasteiger partial charge < -0.3 is 4.90 Å². The topological polar surface area (TPSA) is 20.3 Å². The van der Waals surface area contributed by atoms with Crippen LogP contribution in [0, 0.1) is 0 Å². The molecule has 0 aromatic heterocycles. The lowest BCUT2D eigenvalue weighted by Gasteiger charge is -2.41. The van der Waals surface area contributed by atoms with Gasteiger partial charge in [-0.3, -0.25) is 4.79 Å². The molecule has 0 radical (unpaired) electrons. The number of hydrogen-bond donors (Lipinski definition) is 0. The maximum Gasteiger partial charge on any atom is 0.416 e. The molecule has 0 bridgehead atoms. The van der Waals surface area contributed by atoms with Crippen molar-refractivity contribution in [2.45, 2.75) is 24.7 Å². The van der Waals surface area contributed by atoms with Crippen molar-refractivity contribution in [3.05, 3.63) is 107 Å².